The van der Waals surface area contributed by atoms with Gasteiger partial charge in [0.15, 0.2) is 0 Å². The molecule has 1 fully saturated rings. The van der Waals surface area contributed by atoms with E-state index in [2.05, 4.69) is 22.8 Å². The Labute approximate surface area is 245 Å². The van der Waals surface area contributed by atoms with E-state index in [-0.39, 0.29) is 36.8 Å². The van der Waals surface area contributed by atoms with E-state index in [9.17, 15) is 28.2 Å². The van der Waals surface area contributed by atoms with Crippen LogP contribution in [-0.2, 0) is 31.4 Å². The van der Waals surface area contributed by atoms with Crippen LogP contribution in [0.1, 0.15) is 48.4 Å². The lowest BCUT2D eigenvalue weighted by Gasteiger charge is -2.50. The molecule has 0 spiro atoms. The molecule has 10 nitrogen and oxygen atoms in total. The lowest BCUT2D eigenvalue weighted by atomic mass is 9.58. The number of nitrogens with zero attached hydrogens (tertiary/aromatic N) is 1. The Balaban J connectivity index is 1.56. The molecule has 1 aliphatic heterocycles. The summed E-state index contributed by atoms with van der Waals surface area (Å²) in [4.78, 5) is 23.1. The summed E-state index contributed by atoms with van der Waals surface area (Å²) in [7, 11) is -2.46. The first-order chi connectivity index (χ1) is 19.6. The van der Waals surface area contributed by atoms with Crippen LogP contribution >= 0.6 is 11.6 Å². The van der Waals surface area contributed by atoms with Crippen LogP contribution in [0.15, 0.2) is 54.2 Å². The zero-order valence-corrected chi connectivity index (χ0v) is 24.5. The van der Waals surface area contributed by atoms with Crippen molar-refractivity contribution in [1.82, 2.24) is 14.9 Å². The van der Waals surface area contributed by atoms with Crippen molar-refractivity contribution in [2.75, 3.05) is 39.0 Å². The molecule has 41 heavy (non-hydrogen) atoms. The number of aliphatic carboxylic acids is 2. The van der Waals surface area contributed by atoms with Gasteiger partial charge in [-0.3, -0.25) is 4.31 Å². The van der Waals surface area contributed by atoms with Crippen molar-refractivity contribution < 1.29 is 33.0 Å². The Morgan fingerprint density at radius 1 is 1.20 bits per heavy atom. The van der Waals surface area contributed by atoms with E-state index in [1.165, 1.54) is 11.1 Å². The molecule has 1 atom stereocenters. The van der Waals surface area contributed by atoms with Gasteiger partial charge in [-0.1, -0.05) is 36.2 Å². The number of hydrogen-bond donors (Lipinski definition) is 4. The van der Waals surface area contributed by atoms with Gasteiger partial charge in [-0.15, -0.1) is 0 Å². The summed E-state index contributed by atoms with van der Waals surface area (Å²) in [5.41, 5.74) is 2.66. The van der Waals surface area contributed by atoms with Crippen molar-refractivity contribution in [3.8, 4) is 5.75 Å². The quantitative estimate of drug-likeness (QED) is 0.188. The maximum atomic E-state index is 13.0. The summed E-state index contributed by atoms with van der Waals surface area (Å²) in [6, 6.07) is 13.9. The number of benzene rings is 2. The van der Waals surface area contributed by atoms with Crippen molar-refractivity contribution in [3.05, 3.63) is 76.0 Å². The zero-order chi connectivity index (χ0) is 29.6. The molecule has 0 saturated heterocycles. The molecule has 4 N–H and O–H groups in total. The summed E-state index contributed by atoms with van der Waals surface area (Å²) in [5.74, 6) is -3.04. The number of halogens is 1. The predicted molar refractivity (Wildman–Crippen MR) is 156 cm³/mol. The Morgan fingerprint density at radius 2 is 1.93 bits per heavy atom. The highest BCUT2D eigenvalue weighted by molar-refractivity contribution is 7.89. The molecule has 222 valence electrons. The summed E-state index contributed by atoms with van der Waals surface area (Å²) < 4.78 is 32.7. The van der Waals surface area contributed by atoms with Crippen LogP contribution in [0.4, 0.5) is 0 Å². The van der Waals surface area contributed by atoms with Gasteiger partial charge in [-0.05, 0) is 86.8 Å². The van der Waals surface area contributed by atoms with E-state index in [4.69, 9.17) is 16.3 Å². The molecule has 4 rings (SSSR count). The molecule has 0 aromatic heterocycles. The predicted octanol–water partition coefficient (Wildman–Crippen LogP) is 3.32. The minimum Gasteiger partial charge on any atom is -0.492 e. The molecule has 2 aromatic carbocycles. The van der Waals surface area contributed by atoms with Crippen molar-refractivity contribution in [3.63, 3.8) is 0 Å². The molecule has 0 radical (unpaired) electrons. The maximum absolute atomic E-state index is 13.0. The summed E-state index contributed by atoms with van der Waals surface area (Å²) >= 11 is 6.16. The number of rotatable bonds is 14. The van der Waals surface area contributed by atoms with E-state index in [0.29, 0.717) is 27.7 Å². The summed E-state index contributed by atoms with van der Waals surface area (Å²) in [5, 5.41) is 26.0. The van der Waals surface area contributed by atoms with Crippen LogP contribution < -0.4 is 15.4 Å². The number of carboxylic acids is 2. The molecule has 1 saturated carbocycles. The highest BCUT2D eigenvalue weighted by Crippen LogP contribution is 2.53. The SMILES string of the molecule is CNCCCS(=O)(=O)N(CCOc1ccc2c(c1)C(C1(c3ccc(Cl)cc3)CCC1)NCC2)/C(=C\C(=O)O)C(=O)O. The van der Waals surface area contributed by atoms with Crippen molar-refractivity contribution in [1.29, 1.82) is 0 Å². The van der Waals surface area contributed by atoms with E-state index < -0.39 is 27.7 Å². The number of ether oxygens (including phenoxy) is 1. The zero-order valence-electron chi connectivity index (χ0n) is 22.9. The lowest BCUT2D eigenvalue weighted by Crippen LogP contribution is -2.49. The average Bonchev–Trinajstić information content (AvgIpc) is 2.90. The molecule has 0 amide bonds. The van der Waals surface area contributed by atoms with Crippen molar-refractivity contribution in [2.24, 2.45) is 0 Å². The first kappa shape index (κ1) is 30.8. The van der Waals surface area contributed by atoms with Crippen LogP contribution in [0.5, 0.6) is 5.75 Å². The monoisotopic (exact) mass is 605 g/mol. The highest BCUT2D eigenvalue weighted by Gasteiger charge is 2.47. The first-order valence-electron chi connectivity index (χ1n) is 13.7. The van der Waals surface area contributed by atoms with Crippen LogP contribution in [0.3, 0.4) is 0 Å². The molecule has 1 aliphatic carbocycles. The number of nitrogens with one attached hydrogen (secondary N) is 2. The van der Waals surface area contributed by atoms with Crippen LogP contribution in [-0.4, -0.2) is 73.9 Å². The van der Waals surface area contributed by atoms with Crippen LogP contribution in [0.25, 0.3) is 0 Å². The van der Waals surface area contributed by atoms with E-state index in [1.54, 1.807) is 7.05 Å². The molecule has 2 aliphatic rings. The average molecular weight is 606 g/mol. The standard InChI is InChI=1S/C29H36ClN3O7S/c1-31-13-3-17-41(38,39)33(25(28(36)37)19-26(34)35)15-16-40-23-9-4-20-10-14-32-27(24(20)18-23)29(11-2-12-29)21-5-7-22(30)8-6-21/h4-9,18-19,27,31-32H,2-3,10-17H2,1H3,(H,34,35)(H,36,37)/b25-19-. The Bertz CT molecular complexity index is 1390. The van der Waals surface area contributed by atoms with Gasteiger partial charge in [0.25, 0.3) is 0 Å². The fourth-order valence-corrected chi connectivity index (χ4v) is 7.39. The van der Waals surface area contributed by atoms with Crippen LogP contribution in [0, 0.1) is 0 Å². The third kappa shape index (κ3) is 7.03. The molecule has 12 heteroatoms. The summed E-state index contributed by atoms with van der Waals surface area (Å²) in [6.45, 7) is 0.716. The van der Waals surface area contributed by atoms with Gasteiger partial charge in [-0.25, -0.2) is 18.0 Å². The Morgan fingerprint density at radius 3 is 2.54 bits per heavy atom. The summed E-state index contributed by atoms with van der Waals surface area (Å²) in [6.07, 6.45) is 4.67. The second-order valence-electron chi connectivity index (χ2n) is 10.4. The van der Waals surface area contributed by atoms with Crippen molar-refractivity contribution >= 4 is 33.6 Å². The van der Waals surface area contributed by atoms with Gasteiger partial charge in [0, 0.05) is 16.5 Å². The number of hydrogen-bond acceptors (Lipinski definition) is 7. The van der Waals surface area contributed by atoms with Gasteiger partial charge in [-0.2, -0.15) is 0 Å². The topological polar surface area (TPSA) is 145 Å². The molecule has 1 unspecified atom stereocenters. The largest absolute Gasteiger partial charge is 0.492 e. The van der Waals surface area contributed by atoms with Gasteiger partial charge in [0.1, 0.15) is 18.1 Å². The van der Waals surface area contributed by atoms with Gasteiger partial charge >= 0.3 is 11.9 Å². The third-order valence-corrected chi connectivity index (χ3v) is 9.97. The molecule has 0 bridgehead atoms. The number of fused-ring (bicyclic) bond motifs is 1. The van der Waals surface area contributed by atoms with E-state index >= 15 is 0 Å². The maximum Gasteiger partial charge on any atom is 0.353 e. The van der Waals surface area contributed by atoms with Gasteiger partial charge in [0.2, 0.25) is 10.0 Å². The minimum absolute atomic E-state index is 0.0610. The number of carboxylic acid groups (broad SMARTS) is 2. The third-order valence-electron chi connectivity index (χ3n) is 7.86. The second-order valence-corrected chi connectivity index (χ2v) is 12.8. The lowest BCUT2D eigenvalue weighted by molar-refractivity contribution is -0.136. The fraction of sp³-hybridized carbons (Fsp3) is 0.448. The number of sulfonamides is 1. The first-order valence-corrected chi connectivity index (χ1v) is 15.6. The molecule has 1 heterocycles. The second kappa shape index (κ2) is 13.2. The smallest absolute Gasteiger partial charge is 0.353 e. The van der Waals surface area contributed by atoms with E-state index in [0.717, 1.165) is 37.8 Å². The minimum atomic E-state index is -4.13. The molecular formula is C29H36ClN3O7S. The van der Waals surface area contributed by atoms with Gasteiger partial charge < -0.3 is 25.6 Å². The highest BCUT2D eigenvalue weighted by atomic mass is 35.5. The molecular weight excluding hydrogens is 570 g/mol. The van der Waals surface area contributed by atoms with Crippen molar-refractivity contribution in [2.45, 2.75) is 43.6 Å². The Hall–Kier alpha value is -3.12. The number of carbonyl (C=O) groups is 2. The van der Waals surface area contributed by atoms with Crippen LogP contribution in [0.2, 0.25) is 5.02 Å². The van der Waals surface area contributed by atoms with Gasteiger partial charge in [0.05, 0.1) is 18.4 Å². The Kier molecular flexibility index (Phi) is 9.96. The fourth-order valence-electron chi connectivity index (χ4n) is 5.75. The normalized spacial score (nSPS) is 18.2. The van der Waals surface area contributed by atoms with E-state index in [1.807, 2.05) is 30.3 Å². The molecule has 2 aromatic rings.